The first-order valence-corrected chi connectivity index (χ1v) is 10.9. The molecular weight excluding hydrogens is 537 g/mol. The number of halogens is 2. The minimum absolute atomic E-state index is 0. The van der Waals surface area contributed by atoms with E-state index >= 15 is 0 Å². The van der Waals surface area contributed by atoms with Gasteiger partial charge in [-0.05, 0) is 42.4 Å². The Morgan fingerprint density at radius 2 is 1.94 bits per heavy atom. The van der Waals surface area contributed by atoms with Gasteiger partial charge in [-0.1, -0.05) is 43.6 Å². The molecule has 0 saturated carbocycles. The third-order valence-electron chi connectivity index (χ3n) is 5.24. The highest BCUT2D eigenvalue weighted by molar-refractivity contribution is 14.0. The number of pyridine rings is 1. The molecular formula is C23H31ClIN7. The average molecular weight is 568 g/mol. The molecule has 3 rings (SSSR count). The van der Waals surface area contributed by atoms with E-state index in [2.05, 4.69) is 50.4 Å². The zero-order chi connectivity index (χ0) is 22.1. The molecule has 3 aromatic rings. The van der Waals surface area contributed by atoms with Crippen molar-refractivity contribution in [3.63, 3.8) is 0 Å². The molecule has 2 heterocycles. The third kappa shape index (κ3) is 6.91. The fraction of sp³-hybridized carbons (Fsp3) is 0.348. The first-order chi connectivity index (χ1) is 15.2. The first-order valence-electron chi connectivity index (χ1n) is 10.5. The van der Waals surface area contributed by atoms with Crippen molar-refractivity contribution in [3.8, 4) is 5.82 Å². The van der Waals surface area contributed by atoms with Crippen LogP contribution in [0.15, 0.2) is 66.3 Å². The molecule has 1 aromatic carbocycles. The van der Waals surface area contributed by atoms with E-state index in [-0.39, 0.29) is 30.0 Å². The number of hydrogen-bond donors (Lipinski definition) is 2. The molecule has 1 unspecified atom stereocenters. The smallest absolute Gasteiger partial charge is 0.191 e. The van der Waals surface area contributed by atoms with Crippen LogP contribution < -0.4 is 10.6 Å². The van der Waals surface area contributed by atoms with Gasteiger partial charge >= 0.3 is 0 Å². The van der Waals surface area contributed by atoms with Gasteiger partial charge in [-0.15, -0.1) is 24.0 Å². The number of aromatic nitrogens is 3. The summed E-state index contributed by atoms with van der Waals surface area (Å²) in [6, 6.07) is 12.2. The normalized spacial score (nSPS) is 12.3. The maximum atomic E-state index is 6.51. The molecule has 0 radical (unpaired) electrons. The lowest BCUT2D eigenvalue weighted by atomic mass is 10.0. The van der Waals surface area contributed by atoms with Gasteiger partial charge in [-0.2, -0.15) is 0 Å². The van der Waals surface area contributed by atoms with Crippen LogP contribution in [0.25, 0.3) is 5.82 Å². The zero-order valence-electron chi connectivity index (χ0n) is 18.7. The molecule has 2 N–H and O–H groups in total. The van der Waals surface area contributed by atoms with Crippen molar-refractivity contribution in [1.82, 2.24) is 30.1 Å². The van der Waals surface area contributed by atoms with Crippen LogP contribution in [0.4, 0.5) is 0 Å². The highest BCUT2D eigenvalue weighted by Gasteiger charge is 2.20. The fourth-order valence-electron chi connectivity index (χ4n) is 3.55. The summed E-state index contributed by atoms with van der Waals surface area (Å²) in [5.41, 5.74) is 2.22. The number of imidazole rings is 1. The second kappa shape index (κ2) is 13.4. The molecule has 32 heavy (non-hydrogen) atoms. The second-order valence-electron chi connectivity index (χ2n) is 7.06. The largest absolute Gasteiger partial charge is 0.354 e. The van der Waals surface area contributed by atoms with Gasteiger partial charge < -0.3 is 10.6 Å². The molecule has 0 bridgehead atoms. The lowest BCUT2D eigenvalue weighted by Crippen LogP contribution is -2.43. The van der Waals surface area contributed by atoms with E-state index in [0.717, 1.165) is 41.0 Å². The van der Waals surface area contributed by atoms with Crippen molar-refractivity contribution < 1.29 is 0 Å². The Labute approximate surface area is 212 Å². The number of likely N-dealkylation sites (N-methyl/N-ethyl adjacent to an activating group) is 1. The van der Waals surface area contributed by atoms with Gasteiger partial charge in [-0.25, -0.2) is 9.97 Å². The van der Waals surface area contributed by atoms with Crippen LogP contribution in [0.5, 0.6) is 0 Å². The van der Waals surface area contributed by atoms with Crippen molar-refractivity contribution in [2.24, 2.45) is 4.99 Å². The molecule has 9 heteroatoms. The van der Waals surface area contributed by atoms with E-state index < -0.39 is 0 Å². The molecule has 7 nitrogen and oxygen atoms in total. The molecule has 0 spiro atoms. The standard InChI is InChI=1S/C23H30ClN7.HI/c1-4-30(5-2)21(19-8-6-7-9-20(19)24)16-29-23(25-3)28-15-18-10-11-27-22(14-18)31-13-12-26-17-31;/h6-14,17,21H,4-5,15-16H2,1-3H3,(H2,25,28,29);1H. The highest BCUT2D eigenvalue weighted by atomic mass is 127. The quantitative estimate of drug-likeness (QED) is 0.229. The monoisotopic (exact) mass is 567 g/mol. The summed E-state index contributed by atoms with van der Waals surface area (Å²) in [6.07, 6.45) is 7.16. The van der Waals surface area contributed by atoms with Crippen molar-refractivity contribution in [2.45, 2.75) is 26.4 Å². The van der Waals surface area contributed by atoms with Crippen LogP contribution in [0.1, 0.15) is 31.0 Å². The van der Waals surface area contributed by atoms with Crippen LogP contribution in [0.3, 0.4) is 0 Å². The first kappa shape index (κ1) is 26.1. The number of rotatable bonds is 9. The van der Waals surface area contributed by atoms with Gasteiger partial charge in [0, 0.05) is 43.8 Å². The maximum Gasteiger partial charge on any atom is 0.191 e. The molecule has 1 atom stereocenters. The number of benzene rings is 1. The van der Waals surface area contributed by atoms with Crippen LogP contribution >= 0.6 is 35.6 Å². The lowest BCUT2D eigenvalue weighted by molar-refractivity contribution is 0.219. The van der Waals surface area contributed by atoms with E-state index in [0.29, 0.717) is 13.1 Å². The molecule has 0 aliphatic heterocycles. The summed E-state index contributed by atoms with van der Waals surface area (Å²) in [7, 11) is 1.78. The van der Waals surface area contributed by atoms with Gasteiger partial charge in [0.25, 0.3) is 0 Å². The van der Waals surface area contributed by atoms with Crippen LogP contribution in [-0.2, 0) is 6.54 Å². The third-order valence-corrected chi connectivity index (χ3v) is 5.59. The predicted molar refractivity (Wildman–Crippen MR) is 142 cm³/mol. The summed E-state index contributed by atoms with van der Waals surface area (Å²) < 4.78 is 1.88. The zero-order valence-corrected chi connectivity index (χ0v) is 21.8. The molecule has 0 saturated heterocycles. The maximum absolute atomic E-state index is 6.51. The van der Waals surface area contributed by atoms with Gasteiger partial charge in [0.1, 0.15) is 12.1 Å². The number of nitrogens with zero attached hydrogens (tertiary/aromatic N) is 5. The van der Waals surface area contributed by atoms with E-state index in [1.54, 1.807) is 25.8 Å². The van der Waals surface area contributed by atoms with Gasteiger partial charge in [0.15, 0.2) is 5.96 Å². The fourth-order valence-corrected chi connectivity index (χ4v) is 3.81. The van der Waals surface area contributed by atoms with E-state index in [4.69, 9.17) is 11.6 Å². The summed E-state index contributed by atoms with van der Waals surface area (Å²) in [4.78, 5) is 15.3. The van der Waals surface area contributed by atoms with Crippen molar-refractivity contribution in [2.75, 3.05) is 26.7 Å². The molecule has 172 valence electrons. The Morgan fingerprint density at radius 1 is 1.16 bits per heavy atom. The van der Waals surface area contributed by atoms with Crippen molar-refractivity contribution in [1.29, 1.82) is 0 Å². The molecule has 0 amide bonds. The second-order valence-corrected chi connectivity index (χ2v) is 7.46. The number of nitrogens with one attached hydrogen (secondary N) is 2. The van der Waals surface area contributed by atoms with E-state index in [9.17, 15) is 0 Å². The Kier molecular flexibility index (Phi) is 10.9. The van der Waals surface area contributed by atoms with Crippen molar-refractivity contribution in [3.05, 3.63) is 77.5 Å². The van der Waals surface area contributed by atoms with E-state index in [1.165, 1.54) is 0 Å². The number of guanidine groups is 1. The number of hydrogen-bond acceptors (Lipinski definition) is 4. The Balaban J connectivity index is 0.00000363. The molecule has 0 aliphatic carbocycles. The minimum Gasteiger partial charge on any atom is -0.354 e. The molecule has 0 aliphatic rings. The average Bonchev–Trinajstić information content (AvgIpc) is 3.34. The van der Waals surface area contributed by atoms with E-state index in [1.807, 2.05) is 41.1 Å². The van der Waals surface area contributed by atoms with Crippen LogP contribution in [0, 0.1) is 0 Å². The van der Waals surface area contributed by atoms with Crippen LogP contribution in [-0.4, -0.2) is 52.1 Å². The van der Waals surface area contributed by atoms with Crippen molar-refractivity contribution >= 4 is 41.5 Å². The summed E-state index contributed by atoms with van der Waals surface area (Å²) in [6.45, 7) is 7.54. The van der Waals surface area contributed by atoms with Gasteiger partial charge in [0.2, 0.25) is 0 Å². The number of aliphatic imine (C=N–C) groups is 1. The van der Waals surface area contributed by atoms with Crippen LogP contribution in [0.2, 0.25) is 5.02 Å². The SMILES string of the molecule is CCN(CC)C(CNC(=NC)NCc1ccnc(-n2ccnc2)c1)c1ccccc1Cl.I. The highest BCUT2D eigenvalue weighted by Crippen LogP contribution is 2.26. The van der Waals surface area contributed by atoms with Gasteiger partial charge in [-0.3, -0.25) is 14.5 Å². The van der Waals surface area contributed by atoms with Gasteiger partial charge in [0.05, 0.1) is 6.04 Å². The molecule has 0 fully saturated rings. The Morgan fingerprint density at radius 3 is 2.59 bits per heavy atom. The minimum atomic E-state index is 0. The Bertz CT molecular complexity index is 974. The Hall–Kier alpha value is -2.17. The predicted octanol–water partition coefficient (Wildman–Crippen LogP) is 4.29. The lowest BCUT2D eigenvalue weighted by Gasteiger charge is -2.31. The summed E-state index contributed by atoms with van der Waals surface area (Å²) >= 11 is 6.51. The summed E-state index contributed by atoms with van der Waals surface area (Å²) in [5.74, 6) is 1.57. The topological polar surface area (TPSA) is 70.4 Å². The molecule has 2 aromatic heterocycles. The summed E-state index contributed by atoms with van der Waals surface area (Å²) in [5, 5.41) is 7.64.